The molecule has 3 heterocycles. The molecular formula is C17H22N4O4S2. The van der Waals surface area contributed by atoms with Crippen LogP contribution in [0.1, 0.15) is 36.5 Å². The standard InChI is InChI=1S/C17H22N4O4S2/c1-10-15(8-14(26-10)16-18-11(2)25-20-16)27(23,24)21-7-3-4-12(9-21)17(22)19-13-5-6-13/h8,12-13H,3-7,9H2,1-2H3,(H,19,22). The first-order chi connectivity index (χ1) is 12.8. The fraction of sp³-hybridized carbons (Fsp3) is 0.588. The fourth-order valence-electron chi connectivity index (χ4n) is 3.29. The van der Waals surface area contributed by atoms with Crippen LogP contribution in [0, 0.1) is 19.8 Å². The van der Waals surface area contributed by atoms with Crippen molar-refractivity contribution in [2.24, 2.45) is 5.92 Å². The number of nitrogens with one attached hydrogen (secondary N) is 1. The van der Waals surface area contributed by atoms with E-state index >= 15 is 0 Å². The van der Waals surface area contributed by atoms with E-state index in [-0.39, 0.29) is 29.3 Å². The number of amides is 1. The Balaban J connectivity index is 1.55. The summed E-state index contributed by atoms with van der Waals surface area (Å²) in [6.07, 6.45) is 3.45. The van der Waals surface area contributed by atoms with Crippen LogP contribution in [0.25, 0.3) is 10.7 Å². The lowest BCUT2D eigenvalue weighted by Crippen LogP contribution is -2.45. The second kappa shape index (κ2) is 6.99. The highest BCUT2D eigenvalue weighted by atomic mass is 32.2. The van der Waals surface area contributed by atoms with E-state index in [9.17, 15) is 13.2 Å². The van der Waals surface area contributed by atoms with Crippen LogP contribution in [0.3, 0.4) is 0 Å². The Kier molecular flexibility index (Phi) is 4.81. The number of hydrogen-bond donors (Lipinski definition) is 1. The molecule has 27 heavy (non-hydrogen) atoms. The van der Waals surface area contributed by atoms with Crippen molar-refractivity contribution in [3.05, 3.63) is 16.8 Å². The molecule has 1 atom stereocenters. The van der Waals surface area contributed by atoms with Crippen LogP contribution in [0.2, 0.25) is 0 Å². The van der Waals surface area contributed by atoms with Crippen LogP contribution < -0.4 is 5.32 Å². The SMILES string of the molecule is Cc1nc(-c2cc(S(=O)(=O)N3CCCC(C(=O)NC4CC4)C3)c(C)s2)no1. The summed E-state index contributed by atoms with van der Waals surface area (Å²) in [5, 5.41) is 6.86. The van der Waals surface area contributed by atoms with Crippen LogP contribution >= 0.6 is 11.3 Å². The summed E-state index contributed by atoms with van der Waals surface area (Å²) in [6, 6.07) is 1.89. The summed E-state index contributed by atoms with van der Waals surface area (Å²) in [5.74, 6) is 0.512. The summed E-state index contributed by atoms with van der Waals surface area (Å²) in [6.45, 7) is 4.12. The molecule has 2 aromatic heterocycles. The predicted molar refractivity (Wildman–Crippen MR) is 99.7 cm³/mol. The molecule has 0 aromatic carbocycles. The average molecular weight is 411 g/mol. The van der Waals surface area contributed by atoms with E-state index in [1.807, 2.05) is 0 Å². The molecule has 0 bridgehead atoms. The number of nitrogens with zero attached hydrogens (tertiary/aromatic N) is 3. The molecule has 4 rings (SSSR count). The van der Waals surface area contributed by atoms with Gasteiger partial charge in [0.05, 0.1) is 15.7 Å². The van der Waals surface area contributed by atoms with Crippen molar-refractivity contribution >= 4 is 27.3 Å². The van der Waals surface area contributed by atoms with Crippen molar-refractivity contribution in [2.75, 3.05) is 13.1 Å². The van der Waals surface area contributed by atoms with Gasteiger partial charge in [-0.05, 0) is 38.7 Å². The molecule has 1 saturated carbocycles. The van der Waals surface area contributed by atoms with E-state index in [1.54, 1.807) is 19.9 Å². The number of thiophene rings is 1. The van der Waals surface area contributed by atoms with Crippen molar-refractivity contribution in [3.63, 3.8) is 0 Å². The van der Waals surface area contributed by atoms with Crippen molar-refractivity contribution in [3.8, 4) is 10.7 Å². The summed E-state index contributed by atoms with van der Waals surface area (Å²) in [5.41, 5.74) is 0. The van der Waals surface area contributed by atoms with Gasteiger partial charge in [-0.2, -0.15) is 9.29 Å². The Bertz CT molecular complexity index is 961. The van der Waals surface area contributed by atoms with Gasteiger partial charge in [-0.3, -0.25) is 4.79 Å². The zero-order chi connectivity index (χ0) is 19.2. The maximum absolute atomic E-state index is 13.2. The van der Waals surface area contributed by atoms with E-state index < -0.39 is 10.0 Å². The minimum absolute atomic E-state index is 0.0256. The Morgan fingerprint density at radius 3 is 2.78 bits per heavy atom. The summed E-state index contributed by atoms with van der Waals surface area (Å²) < 4.78 is 32.8. The van der Waals surface area contributed by atoms with Gasteiger partial charge in [0.15, 0.2) is 0 Å². The third kappa shape index (κ3) is 3.78. The van der Waals surface area contributed by atoms with Crippen LogP contribution in [0.15, 0.2) is 15.5 Å². The van der Waals surface area contributed by atoms with Gasteiger partial charge in [-0.1, -0.05) is 5.16 Å². The van der Waals surface area contributed by atoms with Gasteiger partial charge in [0.25, 0.3) is 0 Å². The maximum Gasteiger partial charge on any atom is 0.244 e. The van der Waals surface area contributed by atoms with Crippen LogP contribution in [-0.2, 0) is 14.8 Å². The van der Waals surface area contributed by atoms with E-state index in [0.29, 0.717) is 34.4 Å². The maximum atomic E-state index is 13.2. The number of piperidine rings is 1. The lowest BCUT2D eigenvalue weighted by Gasteiger charge is -2.31. The van der Waals surface area contributed by atoms with E-state index in [1.165, 1.54) is 15.6 Å². The molecule has 1 unspecified atom stereocenters. The highest BCUT2D eigenvalue weighted by Crippen LogP contribution is 2.35. The van der Waals surface area contributed by atoms with Gasteiger partial charge in [0, 0.05) is 30.9 Å². The first-order valence-electron chi connectivity index (χ1n) is 9.06. The average Bonchev–Trinajstić information content (AvgIpc) is 3.20. The second-order valence-corrected chi connectivity index (χ2v) is 10.3. The Morgan fingerprint density at radius 2 is 2.11 bits per heavy atom. The van der Waals surface area contributed by atoms with E-state index in [2.05, 4.69) is 15.5 Å². The van der Waals surface area contributed by atoms with Gasteiger partial charge in [0.2, 0.25) is 27.6 Å². The Morgan fingerprint density at radius 1 is 1.33 bits per heavy atom. The normalized spacial score (nSPS) is 21.3. The lowest BCUT2D eigenvalue weighted by molar-refractivity contribution is -0.126. The van der Waals surface area contributed by atoms with Gasteiger partial charge in [-0.15, -0.1) is 11.3 Å². The fourth-order valence-corrected chi connectivity index (χ4v) is 6.30. The van der Waals surface area contributed by atoms with Gasteiger partial charge in [-0.25, -0.2) is 8.42 Å². The zero-order valence-corrected chi connectivity index (χ0v) is 16.9. The summed E-state index contributed by atoms with van der Waals surface area (Å²) in [4.78, 5) is 18.1. The van der Waals surface area contributed by atoms with Crippen molar-refractivity contribution in [1.29, 1.82) is 0 Å². The quantitative estimate of drug-likeness (QED) is 0.809. The molecule has 1 amide bonds. The minimum atomic E-state index is -3.67. The molecule has 1 aliphatic carbocycles. The smallest absolute Gasteiger partial charge is 0.244 e. The minimum Gasteiger partial charge on any atom is -0.353 e. The van der Waals surface area contributed by atoms with Crippen LogP contribution in [0.4, 0.5) is 0 Å². The number of aryl methyl sites for hydroxylation is 2. The largest absolute Gasteiger partial charge is 0.353 e. The molecule has 0 spiro atoms. The van der Waals surface area contributed by atoms with Gasteiger partial charge in [0.1, 0.15) is 0 Å². The molecule has 1 saturated heterocycles. The number of rotatable bonds is 5. The molecule has 1 N–H and O–H groups in total. The Labute approximate surface area is 162 Å². The van der Waals surface area contributed by atoms with Gasteiger partial charge >= 0.3 is 0 Å². The molecule has 2 aliphatic rings. The molecule has 8 nitrogen and oxygen atoms in total. The number of sulfonamides is 1. The number of aromatic nitrogens is 2. The summed E-state index contributed by atoms with van der Waals surface area (Å²) >= 11 is 1.33. The topological polar surface area (TPSA) is 105 Å². The number of carbonyl (C=O) groups is 1. The van der Waals surface area contributed by atoms with Gasteiger partial charge < -0.3 is 9.84 Å². The molecular weight excluding hydrogens is 388 g/mol. The van der Waals surface area contributed by atoms with E-state index in [0.717, 1.165) is 19.3 Å². The van der Waals surface area contributed by atoms with Crippen molar-refractivity contribution in [2.45, 2.75) is 50.5 Å². The Hall–Kier alpha value is -1.78. The lowest BCUT2D eigenvalue weighted by atomic mass is 9.99. The third-order valence-electron chi connectivity index (χ3n) is 4.92. The number of hydrogen-bond acceptors (Lipinski definition) is 7. The third-order valence-corrected chi connectivity index (χ3v) is 8.08. The predicted octanol–water partition coefficient (Wildman–Crippen LogP) is 2.09. The summed E-state index contributed by atoms with van der Waals surface area (Å²) in [7, 11) is -3.67. The molecule has 10 heteroatoms. The first-order valence-corrected chi connectivity index (χ1v) is 11.3. The number of carbonyl (C=O) groups excluding carboxylic acids is 1. The van der Waals surface area contributed by atoms with Crippen LogP contribution in [0.5, 0.6) is 0 Å². The molecule has 1 aliphatic heterocycles. The molecule has 0 radical (unpaired) electrons. The van der Waals surface area contributed by atoms with Crippen molar-refractivity contribution < 1.29 is 17.7 Å². The van der Waals surface area contributed by atoms with Crippen molar-refractivity contribution in [1.82, 2.24) is 19.8 Å². The highest BCUT2D eigenvalue weighted by molar-refractivity contribution is 7.89. The molecule has 146 valence electrons. The molecule has 2 fully saturated rings. The zero-order valence-electron chi connectivity index (χ0n) is 15.3. The monoisotopic (exact) mass is 410 g/mol. The van der Waals surface area contributed by atoms with Crippen LogP contribution in [-0.4, -0.2) is 47.9 Å². The first kappa shape index (κ1) is 18.6. The second-order valence-electron chi connectivity index (χ2n) is 7.15. The molecule has 2 aromatic rings. The highest BCUT2D eigenvalue weighted by Gasteiger charge is 2.36. The van der Waals surface area contributed by atoms with E-state index in [4.69, 9.17) is 4.52 Å².